The van der Waals surface area contributed by atoms with E-state index in [9.17, 15) is 9.59 Å². The summed E-state index contributed by atoms with van der Waals surface area (Å²) in [7, 11) is 0. The molecule has 2 fully saturated rings. The molecule has 2 aliphatic heterocycles. The molecular formula is C23H24N6O2. The first-order valence-electron chi connectivity index (χ1n) is 10.6. The number of likely N-dealkylation sites (tertiary alicyclic amines) is 2. The molecule has 3 aromatic rings. The zero-order valence-electron chi connectivity index (χ0n) is 17.1. The molecule has 2 atom stereocenters. The second-order valence-corrected chi connectivity index (χ2v) is 8.28. The van der Waals surface area contributed by atoms with Crippen molar-refractivity contribution in [2.75, 3.05) is 26.2 Å². The molecule has 2 aliphatic rings. The number of H-pyrrole nitrogens is 1. The standard InChI is InChI=1S/C23H24N6O2/c30-22(6-3-16-2-1-9-24-13-16)28-10-7-18-14-29(15-19(18)8-11-28)23(31)17-4-5-20-21(12-17)26-27-25-20/h1-6,9,12-13,18-19H,7-8,10-11,14-15H2,(H,25,26,27)/b6-3+. The molecule has 158 valence electrons. The molecular weight excluding hydrogens is 392 g/mol. The molecule has 0 bridgehead atoms. The highest BCUT2D eigenvalue weighted by atomic mass is 16.2. The van der Waals surface area contributed by atoms with Gasteiger partial charge in [0.25, 0.3) is 5.91 Å². The minimum atomic E-state index is 0.0395. The highest BCUT2D eigenvalue weighted by Gasteiger charge is 2.37. The molecule has 1 N–H and O–H groups in total. The zero-order valence-corrected chi connectivity index (χ0v) is 17.1. The van der Waals surface area contributed by atoms with E-state index < -0.39 is 0 Å². The van der Waals surface area contributed by atoms with Gasteiger partial charge in [-0.15, -0.1) is 0 Å². The number of rotatable bonds is 3. The maximum atomic E-state index is 13.0. The summed E-state index contributed by atoms with van der Waals surface area (Å²) in [6, 6.07) is 9.22. The number of carbonyl (C=O) groups is 2. The summed E-state index contributed by atoms with van der Waals surface area (Å²) < 4.78 is 0. The number of hydrogen-bond donors (Lipinski definition) is 1. The fourth-order valence-electron chi connectivity index (χ4n) is 4.64. The van der Waals surface area contributed by atoms with Gasteiger partial charge in [0.1, 0.15) is 11.0 Å². The number of carbonyl (C=O) groups excluding carboxylic acids is 2. The van der Waals surface area contributed by atoms with Gasteiger partial charge < -0.3 is 9.80 Å². The molecule has 2 unspecified atom stereocenters. The molecule has 4 heterocycles. The maximum absolute atomic E-state index is 13.0. The fraction of sp³-hybridized carbons (Fsp3) is 0.348. The van der Waals surface area contributed by atoms with E-state index in [4.69, 9.17) is 0 Å². The van der Waals surface area contributed by atoms with E-state index in [0.29, 0.717) is 22.9 Å². The molecule has 1 aromatic carbocycles. The smallest absolute Gasteiger partial charge is 0.253 e. The first-order valence-corrected chi connectivity index (χ1v) is 10.6. The van der Waals surface area contributed by atoms with Crippen molar-refractivity contribution in [3.05, 3.63) is 59.9 Å². The number of aromatic amines is 1. The van der Waals surface area contributed by atoms with Gasteiger partial charge in [-0.2, -0.15) is 15.4 Å². The maximum Gasteiger partial charge on any atom is 0.253 e. The van der Waals surface area contributed by atoms with Gasteiger partial charge in [-0.05, 0) is 60.6 Å². The minimum Gasteiger partial charge on any atom is -0.339 e. The van der Waals surface area contributed by atoms with Crippen LogP contribution in [0.1, 0.15) is 28.8 Å². The average Bonchev–Trinajstić information content (AvgIpc) is 3.39. The number of aromatic nitrogens is 4. The third-order valence-electron chi connectivity index (χ3n) is 6.38. The number of nitrogens with zero attached hydrogens (tertiary/aromatic N) is 5. The van der Waals surface area contributed by atoms with Gasteiger partial charge in [0.05, 0.1) is 0 Å². The zero-order chi connectivity index (χ0) is 21.2. The summed E-state index contributed by atoms with van der Waals surface area (Å²) in [5.74, 6) is 0.947. The van der Waals surface area contributed by atoms with E-state index in [1.54, 1.807) is 24.5 Å². The van der Waals surface area contributed by atoms with Crippen LogP contribution in [-0.2, 0) is 4.79 Å². The second kappa shape index (κ2) is 8.29. The van der Waals surface area contributed by atoms with Crippen LogP contribution in [-0.4, -0.2) is 68.2 Å². The Hall–Kier alpha value is -3.55. The molecule has 31 heavy (non-hydrogen) atoms. The minimum absolute atomic E-state index is 0.0395. The Morgan fingerprint density at radius 2 is 1.77 bits per heavy atom. The van der Waals surface area contributed by atoms with E-state index in [1.165, 1.54) is 0 Å². The summed E-state index contributed by atoms with van der Waals surface area (Å²) in [5, 5.41) is 10.7. The quantitative estimate of drug-likeness (QED) is 0.662. The van der Waals surface area contributed by atoms with Gasteiger partial charge in [0, 0.05) is 50.2 Å². The van der Waals surface area contributed by atoms with Crippen LogP contribution in [0, 0.1) is 11.8 Å². The second-order valence-electron chi connectivity index (χ2n) is 8.28. The van der Waals surface area contributed by atoms with Crippen LogP contribution in [0.25, 0.3) is 17.1 Å². The molecule has 2 aromatic heterocycles. The van der Waals surface area contributed by atoms with Crippen molar-refractivity contribution in [1.29, 1.82) is 0 Å². The Morgan fingerprint density at radius 1 is 1.00 bits per heavy atom. The molecule has 0 saturated carbocycles. The van der Waals surface area contributed by atoms with Crippen LogP contribution in [0.5, 0.6) is 0 Å². The van der Waals surface area contributed by atoms with E-state index >= 15 is 0 Å². The van der Waals surface area contributed by atoms with Crippen molar-refractivity contribution in [3.8, 4) is 0 Å². The summed E-state index contributed by atoms with van der Waals surface area (Å²) >= 11 is 0. The topological polar surface area (TPSA) is 95.1 Å². The molecule has 0 spiro atoms. The lowest BCUT2D eigenvalue weighted by Crippen LogP contribution is -2.33. The molecule has 8 heteroatoms. The Kier molecular flexibility index (Phi) is 5.19. The average molecular weight is 416 g/mol. The van der Waals surface area contributed by atoms with Gasteiger partial charge in [-0.3, -0.25) is 14.6 Å². The third-order valence-corrected chi connectivity index (χ3v) is 6.38. The van der Waals surface area contributed by atoms with Gasteiger partial charge >= 0.3 is 0 Å². The summed E-state index contributed by atoms with van der Waals surface area (Å²) in [6.07, 6.45) is 8.74. The Balaban J connectivity index is 1.19. The van der Waals surface area contributed by atoms with Crippen molar-refractivity contribution in [1.82, 2.24) is 30.2 Å². The Morgan fingerprint density at radius 3 is 2.52 bits per heavy atom. The van der Waals surface area contributed by atoms with Gasteiger partial charge in [-0.25, -0.2) is 0 Å². The van der Waals surface area contributed by atoms with Crippen LogP contribution in [0.4, 0.5) is 0 Å². The first kappa shape index (κ1) is 19.4. The molecule has 0 aliphatic carbocycles. The number of amides is 2. The lowest BCUT2D eigenvalue weighted by atomic mass is 9.92. The van der Waals surface area contributed by atoms with Crippen molar-refractivity contribution in [2.24, 2.45) is 11.8 Å². The van der Waals surface area contributed by atoms with E-state index in [1.807, 2.05) is 40.1 Å². The number of benzene rings is 1. The van der Waals surface area contributed by atoms with Crippen LogP contribution >= 0.6 is 0 Å². The molecule has 2 amide bonds. The predicted octanol–water partition coefficient (Wildman–Crippen LogP) is 2.38. The highest BCUT2D eigenvalue weighted by Crippen LogP contribution is 2.32. The van der Waals surface area contributed by atoms with Crippen LogP contribution in [0.3, 0.4) is 0 Å². The van der Waals surface area contributed by atoms with Gasteiger partial charge in [0.15, 0.2) is 0 Å². The molecule has 8 nitrogen and oxygen atoms in total. The van der Waals surface area contributed by atoms with Crippen molar-refractivity contribution >= 4 is 28.9 Å². The third kappa shape index (κ3) is 4.05. The van der Waals surface area contributed by atoms with Crippen molar-refractivity contribution in [3.63, 3.8) is 0 Å². The fourth-order valence-corrected chi connectivity index (χ4v) is 4.64. The normalized spacial score (nSPS) is 21.4. The van der Waals surface area contributed by atoms with E-state index in [-0.39, 0.29) is 11.8 Å². The highest BCUT2D eigenvalue weighted by molar-refractivity contribution is 5.97. The molecule has 0 radical (unpaired) electrons. The number of fused-ring (bicyclic) bond motifs is 2. The lowest BCUT2D eigenvalue weighted by Gasteiger charge is -2.21. The molecule has 2 saturated heterocycles. The van der Waals surface area contributed by atoms with Crippen LogP contribution < -0.4 is 0 Å². The lowest BCUT2D eigenvalue weighted by molar-refractivity contribution is -0.126. The van der Waals surface area contributed by atoms with E-state index in [0.717, 1.165) is 50.1 Å². The SMILES string of the molecule is O=C(/C=C/c1cccnc1)N1CCC2CN(C(=O)c3ccc4n[nH]nc4c3)CC2CC1. The summed E-state index contributed by atoms with van der Waals surface area (Å²) in [4.78, 5) is 33.6. The van der Waals surface area contributed by atoms with E-state index in [2.05, 4.69) is 20.4 Å². The number of hydrogen-bond acceptors (Lipinski definition) is 5. The van der Waals surface area contributed by atoms with Crippen molar-refractivity contribution < 1.29 is 9.59 Å². The van der Waals surface area contributed by atoms with Crippen LogP contribution in [0.15, 0.2) is 48.8 Å². The van der Waals surface area contributed by atoms with Crippen molar-refractivity contribution in [2.45, 2.75) is 12.8 Å². The Labute approximate surface area is 179 Å². The predicted molar refractivity (Wildman–Crippen MR) is 116 cm³/mol. The molecule has 5 rings (SSSR count). The number of pyridine rings is 1. The van der Waals surface area contributed by atoms with Gasteiger partial charge in [0.2, 0.25) is 5.91 Å². The summed E-state index contributed by atoms with van der Waals surface area (Å²) in [6.45, 7) is 2.94. The number of nitrogens with one attached hydrogen (secondary N) is 1. The monoisotopic (exact) mass is 416 g/mol. The van der Waals surface area contributed by atoms with Crippen LogP contribution in [0.2, 0.25) is 0 Å². The largest absolute Gasteiger partial charge is 0.339 e. The first-order chi connectivity index (χ1) is 15.2. The summed E-state index contributed by atoms with van der Waals surface area (Å²) in [5.41, 5.74) is 3.02. The Bertz CT molecular complexity index is 1110. The van der Waals surface area contributed by atoms with Gasteiger partial charge in [-0.1, -0.05) is 6.07 Å².